The van der Waals surface area contributed by atoms with Gasteiger partial charge in [-0.2, -0.15) is 5.10 Å². The highest BCUT2D eigenvalue weighted by molar-refractivity contribution is 9.10. The average Bonchev–Trinajstić information content (AvgIpc) is 3.07. The largest absolute Gasteiger partial charge is 0.298 e. The molecule has 3 rings (SSSR count). The lowest BCUT2D eigenvalue weighted by atomic mass is 10.2. The number of aldehydes is 1. The van der Waals surface area contributed by atoms with Gasteiger partial charge < -0.3 is 0 Å². The van der Waals surface area contributed by atoms with Gasteiger partial charge in [-0.05, 0) is 29.6 Å². The molecule has 0 saturated heterocycles. The first-order valence-electron chi connectivity index (χ1n) is 5.62. The van der Waals surface area contributed by atoms with Crippen molar-refractivity contribution in [3.8, 4) is 16.3 Å². The number of benzene rings is 1. The van der Waals surface area contributed by atoms with E-state index in [4.69, 9.17) is 0 Å². The van der Waals surface area contributed by atoms with Gasteiger partial charge in [0.15, 0.2) is 6.29 Å². The van der Waals surface area contributed by atoms with E-state index >= 15 is 0 Å². The Kier molecular flexibility index (Phi) is 3.31. The lowest BCUT2D eigenvalue weighted by Crippen LogP contribution is -1.94. The topological polar surface area (TPSA) is 34.9 Å². The van der Waals surface area contributed by atoms with Crippen LogP contribution < -0.4 is 0 Å². The molecule has 0 fully saturated rings. The highest BCUT2D eigenvalue weighted by atomic mass is 79.9. The molecule has 0 amide bonds. The lowest BCUT2D eigenvalue weighted by Gasteiger charge is -2.00. The summed E-state index contributed by atoms with van der Waals surface area (Å²) in [5, 5.41) is 6.48. The van der Waals surface area contributed by atoms with Crippen molar-refractivity contribution < 1.29 is 4.79 Å². The van der Waals surface area contributed by atoms with Crippen molar-refractivity contribution in [1.29, 1.82) is 0 Å². The zero-order valence-corrected chi connectivity index (χ0v) is 12.2. The minimum Gasteiger partial charge on any atom is -0.298 e. The zero-order chi connectivity index (χ0) is 13.2. The van der Waals surface area contributed by atoms with E-state index in [1.807, 2.05) is 41.8 Å². The third kappa shape index (κ3) is 2.39. The smallest absolute Gasteiger partial charge is 0.153 e. The summed E-state index contributed by atoms with van der Waals surface area (Å²) < 4.78 is 2.70. The quantitative estimate of drug-likeness (QED) is 0.674. The van der Waals surface area contributed by atoms with Gasteiger partial charge in [-0.15, -0.1) is 11.3 Å². The molecule has 5 heteroatoms. The van der Waals surface area contributed by atoms with Crippen molar-refractivity contribution in [3.63, 3.8) is 0 Å². The molecule has 0 atom stereocenters. The Morgan fingerprint density at radius 3 is 2.84 bits per heavy atom. The van der Waals surface area contributed by atoms with Crippen LogP contribution in [0, 0.1) is 0 Å². The van der Waals surface area contributed by atoms with Gasteiger partial charge in [-0.3, -0.25) is 4.79 Å². The van der Waals surface area contributed by atoms with Gasteiger partial charge in [0.25, 0.3) is 0 Å². The van der Waals surface area contributed by atoms with Crippen molar-refractivity contribution in [3.05, 3.63) is 58.0 Å². The maximum atomic E-state index is 11.2. The van der Waals surface area contributed by atoms with Crippen molar-refractivity contribution in [1.82, 2.24) is 9.78 Å². The molecule has 0 aliphatic heterocycles. The van der Waals surface area contributed by atoms with Crippen molar-refractivity contribution in [2.75, 3.05) is 0 Å². The summed E-state index contributed by atoms with van der Waals surface area (Å²) in [4.78, 5) is 12.2. The van der Waals surface area contributed by atoms with E-state index in [9.17, 15) is 4.79 Å². The number of halogens is 1. The van der Waals surface area contributed by atoms with Gasteiger partial charge >= 0.3 is 0 Å². The number of hydrogen-bond donors (Lipinski definition) is 0. The van der Waals surface area contributed by atoms with E-state index in [0.29, 0.717) is 5.56 Å². The van der Waals surface area contributed by atoms with Crippen molar-refractivity contribution in [2.24, 2.45) is 0 Å². The van der Waals surface area contributed by atoms with Crippen molar-refractivity contribution in [2.45, 2.75) is 0 Å². The van der Waals surface area contributed by atoms with Gasteiger partial charge in [0.2, 0.25) is 0 Å². The summed E-state index contributed by atoms with van der Waals surface area (Å²) in [6, 6.07) is 11.7. The molecule has 0 aliphatic carbocycles. The molecule has 0 saturated carbocycles. The van der Waals surface area contributed by atoms with E-state index in [1.54, 1.807) is 22.2 Å². The monoisotopic (exact) mass is 332 g/mol. The van der Waals surface area contributed by atoms with E-state index < -0.39 is 0 Å². The zero-order valence-electron chi connectivity index (χ0n) is 9.79. The van der Waals surface area contributed by atoms with Crippen LogP contribution in [0.4, 0.5) is 0 Å². The third-order valence-electron chi connectivity index (χ3n) is 2.70. The number of carbonyl (C=O) groups excluding carboxylic acids is 1. The average molecular weight is 333 g/mol. The number of rotatable bonds is 3. The summed E-state index contributed by atoms with van der Waals surface area (Å²) in [5.41, 5.74) is 2.24. The molecule has 19 heavy (non-hydrogen) atoms. The molecule has 3 nitrogen and oxygen atoms in total. The Hall–Kier alpha value is -1.72. The Bertz CT molecular complexity index is 719. The van der Waals surface area contributed by atoms with Gasteiger partial charge in [0.1, 0.15) is 5.69 Å². The fourth-order valence-corrected chi connectivity index (χ4v) is 2.95. The van der Waals surface area contributed by atoms with Gasteiger partial charge in [0.05, 0.1) is 16.1 Å². The molecular formula is C14H9BrN2OS. The highest BCUT2D eigenvalue weighted by Gasteiger charge is 2.12. The normalized spacial score (nSPS) is 10.6. The molecule has 1 aromatic carbocycles. The molecule has 0 radical (unpaired) electrons. The van der Waals surface area contributed by atoms with Crippen LogP contribution in [0.25, 0.3) is 16.3 Å². The second-order valence-corrected chi connectivity index (χ2v) is 5.82. The Labute approximate surface area is 122 Å². The van der Waals surface area contributed by atoms with Crippen LogP contribution in [0.3, 0.4) is 0 Å². The van der Waals surface area contributed by atoms with Gasteiger partial charge in [0, 0.05) is 10.7 Å². The molecule has 0 aliphatic rings. The highest BCUT2D eigenvalue weighted by Crippen LogP contribution is 2.27. The van der Waals surface area contributed by atoms with Crippen LogP contribution in [-0.4, -0.2) is 16.1 Å². The van der Waals surface area contributed by atoms with E-state index in [2.05, 4.69) is 21.0 Å². The number of nitrogens with zero attached hydrogens (tertiary/aromatic N) is 2. The van der Waals surface area contributed by atoms with Crippen LogP contribution in [0.2, 0.25) is 0 Å². The standard InChI is InChI=1S/C14H9BrN2OS/c15-11-3-1-4-12(7-11)17-8-10(9-18)14(16-17)13-5-2-6-19-13/h1-9H. The van der Waals surface area contributed by atoms with E-state index in [1.165, 1.54) is 0 Å². The van der Waals surface area contributed by atoms with Crippen LogP contribution in [0.1, 0.15) is 10.4 Å². The maximum absolute atomic E-state index is 11.2. The summed E-state index contributed by atoms with van der Waals surface area (Å²) >= 11 is 5.01. The molecule has 2 aromatic heterocycles. The Morgan fingerprint density at radius 2 is 2.16 bits per heavy atom. The van der Waals surface area contributed by atoms with E-state index in [-0.39, 0.29) is 0 Å². The second kappa shape index (κ2) is 5.11. The van der Waals surface area contributed by atoms with Crippen LogP contribution >= 0.6 is 27.3 Å². The lowest BCUT2D eigenvalue weighted by molar-refractivity contribution is 0.112. The van der Waals surface area contributed by atoms with Gasteiger partial charge in [-0.25, -0.2) is 4.68 Å². The van der Waals surface area contributed by atoms with E-state index in [0.717, 1.165) is 27.0 Å². The molecule has 94 valence electrons. The predicted octanol–water partition coefficient (Wildman–Crippen LogP) is 4.18. The first-order chi connectivity index (χ1) is 9.28. The summed E-state index contributed by atoms with van der Waals surface area (Å²) in [5.74, 6) is 0. The maximum Gasteiger partial charge on any atom is 0.153 e. The van der Waals surface area contributed by atoms with Crippen molar-refractivity contribution >= 4 is 33.6 Å². The predicted molar refractivity (Wildman–Crippen MR) is 80.0 cm³/mol. The number of thiophene rings is 1. The fourth-order valence-electron chi connectivity index (χ4n) is 1.83. The first-order valence-corrected chi connectivity index (χ1v) is 7.30. The minimum atomic E-state index is 0.599. The molecule has 2 heterocycles. The molecule has 0 unspecified atom stereocenters. The van der Waals surface area contributed by atoms with Crippen LogP contribution in [0.5, 0.6) is 0 Å². The number of aromatic nitrogens is 2. The molecule has 0 N–H and O–H groups in total. The fraction of sp³-hybridized carbons (Fsp3) is 0. The Balaban J connectivity index is 2.12. The summed E-state index contributed by atoms with van der Waals surface area (Å²) in [6.07, 6.45) is 2.60. The molecule has 0 bridgehead atoms. The second-order valence-electron chi connectivity index (χ2n) is 3.95. The number of carbonyl (C=O) groups is 1. The van der Waals surface area contributed by atoms with Crippen LogP contribution in [0.15, 0.2) is 52.4 Å². The summed E-state index contributed by atoms with van der Waals surface area (Å²) in [6.45, 7) is 0. The Morgan fingerprint density at radius 1 is 1.26 bits per heavy atom. The first kappa shape index (κ1) is 12.3. The SMILES string of the molecule is O=Cc1cn(-c2cccc(Br)c2)nc1-c1cccs1. The number of hydrogen-bond acceptors (Lipinski definition) is 3. The molecule has 0 spiro atoms. The molecule has 3 aromatic rings. The third-order valence-corrected chi connectivity index (χ3v) is 4.07. The molecular weight excluding hydrogens is 324 g/mol. The minimum absolute atomic E-state index is 0.599. The van der Waals surface area contributed by atoms with Gasteiger partial charge in [-0.1, -0.05) is 28.1 Å². The van der Waals surface area contributed by atoms with Crippen LogP contribution in [-0.2, 0) is 0 Å². The summed E-state index contributed by atoms with van der Waals surface area (Å²) in [7, 11) is 0.